The number of fused-ring (bicyclic) bond motifs is 1. The van der Waals surface area contributed by atoms with Gasteiger partial charge in [-0.05, 0) is 12.1 Å². The Hall–Kier alpha value is -0.720. The molecule has 21 heteroatoms. The SMILES string of the molecule is O=P([O-])(O)OP(=O)([O-])OP(=O)([O-])OC[C@H]1O[C@@H](c2nc3ccccc3s2)[C@H](O)[C@@H]1O.[NH4+].[NH4+].[NH4+]. The fraction of sp³-hybridized carbons (Fsp3) is 0.417. The van der Waals surface area contributed by atoms with E-state index in [1.54, 1.807) is 24.3 Å². The smallest absolute Gasteiger partial charge is 0.280 e. The number of nitrogens with zero attached hydrogens (tertiary/aromatic N) is 1. The summed E-state index contributed by atoms with van der Waals surface area (Å²) >= 11 is 1.18. The van der Waals surface area contributed by atoms with Crippen molar-refractivity contribution >= 4 is 45.0 Å². The van der Waals surface area contributed by atoms with E-state index in [1.807, 2.05) is 0 Å². The van der Waals surface area contributed by atoms with Crippen LogP contribution in [-0.2, 0) is 31.6 Å². The van der Waals surface area contributed by atoms with Crippen molar-refractivity contribution in [2.75, 3.05) is 6.61 Å². The quantitative estimate of drug-likeness (QED) is 0.233. The molecule has 7 atom stereocenters. The van der Waals surface area contributed by atoms with Crippen molar-refractivity contribution in [1.82, 2.24) is 23.4 Å². The number of rotatable bonds is 8. The van der Waals surface area contributed by atoms with Crippen LogP contribution in [-0.4, -0.2) is 45.0 Å². The fourth-order valence-corrected chi connectivity index (χ4v) is 6.50. The van der Waals surface area contributed by atoms with E-state index in [4.69, 9.17) is 9.63 Å². The lowest BCUT2D eigenvalue weighted by Gasteiger charge is -2.33. The molecule has 3 rings (SSSR count). The molecule has 33 heavy (non-hydrogen) atoms. The summed E-state index contributed by atoms with van der Waals surface area (Å²) in [6.07, 6.45) is -5.68. The van der Waals surface area contributed by atoms with E-state index in [0.717, 1.165) is 4.70 Å². The summed E-state index contributed by atoms with van der Waals surface area (Å²) in [5, 5.41) is 20.6. The van der Waals surface area contributed by atoms with Crippen molar-refractivity contribution in [3.8, 4) is 0 Å². The molecule has 2 aromatic rings. The predicted molar refractivity (Wildman–Crippen MR) is 110 cm³/mol. The second-order valence-electron chi connectivity index (χ2n) is 5.92. The van der Waals surface area contributed by atoms with Crippen molar-refractivity contribution < 1.29 is 61.4 Å². The van der Waals surface area contributed by atoms with E-state index < -0.39 is 54.5 Å². The first-order chi connectivity index (χ1) is 13.8. The third-order valence-electron chi connectivity index (χ3n) is 3.72. The Morgan fingerprint density at radius 1 is 1.00 bits per heavy atom. The van der Waals surface area contributed by atoms with E-state index in [2.05, 4.69) is 18.1 Å². The maximum absolute atomic E-state index is 11.6. The maximum Gasteiger partial charge on any atom is 0.280 e. The van der Waals surface area contributed by atoms with Crippen LogP contribution in [0.1, 0.15) is 11.1 Å². The number of benzene rings is 1. The van der Waals surface area contributed by atoms with Gasteiger partial charge in [0, 0.05) is 0 Å². The summed E-state index contributed by atoms with van der Waals surface area (Å²) in [6, 6.07) is 7.01. The average Bonchev–Trinajstić information content (AvgIpc) is 3.12. The number of thiazole rings is 1. The summed E-state index contributed by atoms with van der Waals surface area (Å²) < 4.78 is 50.2. The van der Waals surface area contributed by atoms with E-state index in [9.17, 15) is 38.6 Å². The molecule has 1 aliphatic rings. The van der Waals surface area contributed by atoms with Gasteiger partial charge in [-0.1, -0.05) is 12.1 Å². The molecular formula is C12H25N4O13P3S. The first-order valence-corrected chi connectivity index (χ1v) is 13.1. The van der Waals surface area contributed by atoms with Gasteiger partial charge >= 0.3 is 0 Å². The lowest BCUT2D eigenvalue weighted by Crippen LogP contribution is -2.33. The van der Waals surface area contributed by atoms with Gasteiger partial charge in [0.15, 0.2) is 0 Å². The molecular weight excluding hydrogens is 533 g/mol. The van der Waals surface area contributed by atoms with Crippen molar-refractivity contribution in [1.29, 1.82) is 0 Å². The summed E-state index contributed by atoms with van der Waals surface area (Å²) in [4.78, 5) is 45.8. The Labute approximate surface area is 190 Å². The zero-order chi connectivity index (χ0) is 22.3. The largest absolute Gasteiger partial charge is 0.756 e. The summed E-state index contributed by atoms with van der Waals surface area (Å²) in [5.41, 5.74) is 0.616. The van der Waals surface area contributed by atoms with Crippen LogP contribution in [0.2, 0.25) is 0 Å². The van der Waals surface area contributed by atoms with Crippen molar-refractivity contribution in [2.24, 2.45) is 0 Å². The number of phosphoric ester groups is 1. The molecule has 1 fully saturated rings. The second kappa shape index (κ2) is 11.8. The number of para-hydroxylation sites is 1. The number of hydrogen-bond donors (Lipinski definition) is 6. The first-order valence-electron chi connectivity index (χ1n) is 7.86. The van der Waals surface area contributed by atoms with Crippen molar-refractivity contribution in [3.05, 3.63) is 29.3 Å². The predicted octanol–water partition coefficient (Wildman–Crippen LogP) is 0.0339. The highest BCUT2D eigenvalue weighted by Gasteiger charge is 2.45. The third-order valence-corrected chi connectivity index (χ3v) is 8.50. The number of ether oxygens (including phenoxy) is 1. The van der Waals surface area contributed by atoms with Gasteiger partial charge in [-0.25, -0.2) is 13.6 Å². The molecule has 192 valence electrons. The zero-order valence-electron chi connectivity index (χ0n) is 17.4. The number of hydrogen-bond acceptors (Lipinski definition) is 14. The van der Waals surface area contributed by atoms with Crippen LogP contribution >= 0.6 is 34.8 Å². The van der Waals surface area contributed by atoms with E-state index >= 15 is 0 Å². The summed E-state index contributed by atoms with van der Waals surface area (Å²) in [7, 11) is -17.6. The standard InChI is InChI=1S/C12H16NO13P3S.3H3N/c14-9-7(5-23-28(19,20)26-29(21,22)25-27(16,17)18)24-11(10(9)15)12-13-6-3-1-2-4-8(6)30-12;;;/h1-4,7,9-11,14-15H,5H2,(H,19,20)(H,21,22)(H2,16,17,18);3*1H3/t7-,9-,10-,11-;;;/m1.../s1. The Balaban J connectivity index is 0.00000341. The molecule has 0 radical (unpaired) electrons. The Bertz CT molecular complexity index is 1030. The summed E-state index contributed by atoms with van der Waals surface area (Å²) in [6.45, 7) is -0.992. The molecule has 1 aromatic heterocycles. The number of aromatic nitrogens is 1. The lowest BCUT2D eigenvalue weighted by molar-refractivity contribution is -0.250. The van der Waals surface area contributed by atoms with Crippen LogP contribution in [0.3, 0.4) is 0 Å². The van der Waals surface area contributed by atoms with Crippen LogP contribution in [0.15, 0.2) is 24.3 Å². The number of quaternary nitrogens is 3. The molecule has 15 N–H and O–H groups in total. The minimum atomic E-state index is -6.04. The highest BCUT2D eigenvalue weighted by molar-refractivity contribution is 7.65. The monoisotopic (exact) mass is 558 g/mol. The highest BCUT2D eigenvalue weighted by atomic mass is 32.1. The zero-order valence-corrected chi connectivity index (χ0v) is 20.9. The van der Waals surface area contributed by atoms with Gasteiger partial charge < -0.3 is 57.5 Å². The normalized spacial score (nSPS) is 27.8. The third kappa shape index (κ3) is 8.47. The fourth-order valence-electron chi connectivity index (χ4n) is 2.55. The van der Waals surface area contributed by atoms with Gasteiger partial charge in [-0.15, -0.1) is 11.3 Å². The molecule has 0 aliphatic carbocycles. The van der Waals surface area contributed by atoms with Crippen LogP contribution in [0, 0.1) is 0 Å². The molecule has 3 unspecified atom stereocenters. The second-order valence-corrected chi connectivity index (χ2v) is 11.3. The minimum absolute atomic E-state index is 0. The van der Waals surface area contributed by atoms with Crippen LogP contribution in [0.25, 0.3) is 10.2 Å². The molecule has 0 spiro atoms. The molecule has 0 amide bonds. The maximum atomic E-state index is 11.6. The molecule has 1 aromatic carbocycles. The van der Waals surface area contributed by atoms with Gasteiger partial charge in [-0.3, -0.25) is 13.7 Å². The van der Waals surface area contributed by atoms with E-state index in [0.29, 0.717) is 10.5 Å². The first kappa shape index (κ1) is 32.3. The van der Waals surface area contributed by atoms with Crippen LogP contribution in [0.4, 0.5) is 0 Å². The number of aliphatic hydroxyl groups is 2. The lowest BCUT2D eigenvalue weighted by atomic mass is 10.1. The van der Waals surface area contributed by atoms with Gasteiger partial charge in [0.25, 0.3) is 23.5 Å². The molecule has 0 saturated carbocycles. The average molecular weight is 558 g/mol. The Morgan fingerprint density at radius 3 is 2.18 bits per heavy atom. The van der Waals surface area contributed by atoms with Gasteiger partial charge in [0.1, 0.15) is 29.4 Å². The molecule has 0 bridgehead atoms. The van der Waals surface area contributed by atoms with Gasteiger partial charge in [0.05, 0.1) is 16.8 Å². The Morgan fingerprint density at radius 2 is 1.61 bits per heavy atom. The Kier molecular flexibility index (Phi) is 11.6. The van der Waals surface area contributed by atoms with Crippen molar-refractivity contribution in [2.45, 2.75) is 24.4 Å². The molecule has 2 heterocycles. The van der Waals surface area contributed by atoms with Gasteiger partial charge in [0.2, 0.25) is 0 Å². The minimum Gasteiger partial charge on any atom is -0.756 e. The molecule has 1 saturated heterocycles. The van der Waals surface area contributed by atoms with Gasteiger partial charge in [-0.2, -0.15) is 0 Å². The van der Waals surface area contributed by atoms with Crippen molar-refractivity contribution in [3.63, 3.8) is 0 Å². The number of aliphatic hydroxyl groups excluding tert-OH is 2. The van der Waals surface area contributed by atoms with Crippen LogP contribution < -0.4 is 33.1 Å². The topological polar surface area (TPSA) is 340 Å². The number of phosphoric acid groups is 3. The summed E-state index contributed by atoms with van der Waals surface area (Å²) in [5.74, 6) is 0. The highest BCUT2D eigenvalue weighted by Crippen LogP contribution is 2.61. The van der Waals surface area contributed by atoms with E-state index in [1.165, 1.54) is 11.3 Å². The molecule has 17 nitrogen and oxygen atoms in total. The molecule has 1 aliphatic heterocycles. The van der Waals surface area contributed by atoms with E-state index in [-0.39, 0.29) is 18.5 Å². The van der Waals surface area contributed by atoms with Crippen LogP contribution in [0.5, 0.6) is 0 Å².